The van der Waals surface area contributed by atoms with Gasteiger partial charge in [-0.2, -0.15) is 5.01 Å². The van der Waals surface area contributed by atoms with Crippen LogP contribution in [-0.2, 0) is 9.59 Å². The lowest BCUT2D eigenvalue weighted by atomic mass is 9.76. The summed E-state index contributed by atoms with van der Waals surface area (Å²) in [5.41, 5.74) is 0.161. The van der Waals surface area contributed by atoms with E-state index in [4.69, 9.17) is 0 Å². The van der Waals surface area contributed by atoms with Gasteiger partial charge in [0.05, 0.1) is 16.8 Å². The summed E-state index contributed by atoms with van der Waals surface area (Å²) in [6.07, 6.45) is 1.91. The smallest absolute Gasteiger partial charge is 0.273 e. The van der Waals surface area contributed by atoms with Crippen molar-refractivity contribution in [2.75, 3.05) is 0 Å². The van der Waals surface area contributed by atoms with Crippen LogP contribution in [0.2, 0.25) is 0 Å². The molecule has 1 aliphatic heterocycles. The number of rotatable bonds is 6. The van der Waals surface area contributed by atoms with Crippen LogP contribution in [0.3, 0.4) is 0 Å². The first-order valence-electron chi connectivity index (χ1n) is 11.3. The molecular formula is C25H25N3O6. The van der Waals surface area contributed by atoms with E-state index in [9.17, 15) is 29.3 Å². The van der Waals surface area contributed by atoms with Crippen molar-refractivity contribution in [2.24, 2.45) is 17.8 Å². The minimum Gasteiger partial charge on any atom is -0.292 e. The fourth-order valence-electron chi connectivity index (χ4n) is 4.84. The molecule has 3 amide bonds. The van der Waals surface area contributed by atoms with E-state index in [-0.39, 0.29) is 17.2 Å². The van der Waals surface area contributed by atoms with Crippen molar-refractivity contribution in [3.8, 4) is 0 Å². The molecule has 4 rings (SSSR count). The Morgan fingerprint density at radius 1 is 0.971 bits per heavy atom. The minimum absolute atomic E-state index is 0.0298. The van der Waals surface area contributed by atoms with E-state index in [1.165, 1.54) is 31.2 Å². The molecule has 176 valence electrons. The maximum atomic E-state index is 13.6. The second kappa shape index (κ2) is 9.17. The zero-order chi connectivity index (χ0) is 24.6. The van der Waals surface area contributed by atoms with Gasteiger partial charge in [0.1, 0.15) is 6.04 Å². The third-order valence-corrected chi connectivity index (χ3v) is 6.72. The normalized spacial score (nSPS) is 22.8. The third kappa shape index (κ3) is 4.09. The van der Waals surface area contributed by atoms with Gasteiger partial charge in [0.25, 0.3) is 23.4 Å². The maximum absolute atomic E-state index is 13.6. The highest BCUT2D eigenvalue weighted by molar-refractivity contribution is 6.10. The van der Waals surface area contributed by atoms with Crippen molar-refractivity contribution in [3.63, 3.8) is 0 Å². The summed E-state index contributed by atoms with van der Waals surface area (Å²) in [6, 6.07) is 12.0. The number of amides is 3. The van der Waals surface area contributed by atoms with E-state index >= 15 is 0 Å². The molecule has 0 bridgehead atoms. The Morgan fingerprint density at radius 3 is 2.21 bits per heavy atom. The number of nitrogens with zero attached hydrogens (tertiary/aromatic N) is 3. The molecule has 34 heavy (non-hydrogen) atoms. The lowest BCUT2D eigenvalue weighted by molar-refractivity contribution is -0.384. The molecule has 1 saturated carbocycles. The average Bonchev–Trinajstić information content (AvgIpc) is 3.08. The SMILES string of the molecule is C[C@@H]1CC[C@@H]2C(=O)N(N(C(=O)c3ccc([N+](=O)[O-])cc3)[C@@H](C)C(=O)c3ccccc3)C(=O)[C@H]2C1. The number of non-ortho nitro benzene ring substituents is 1. The molecule has 0 spiro atoms. The minimum atomic E-state index is -1.16. The summed E-state index contributed by atoms with van der Waals surface area (Å²) in [4.78, 5) is 64.0. The van der Waals surface area contributed by atoms with Gasteiger partial charge in [0.2, 0.25) is 0 Å². The Morgan fingerprint density at radius 2 is 1.59 bits per heavy atom. The first-order chi connectivity index (χ1) is 16.2. The number of hydrogen-bond donors (Lipinski definition) is 0. The molecule has 2 aliphatic rings. The molecule has 0 N–H and O–H groups in total. The van der Waals surface area contributed by atoms with E-state index in [0.717, 1.165) is 16.4 Å². The van der Waals surface area contributed by atoms with Crippen LogP contribution in [0.1, 0.15) is 53.8 Å². The van der Waals surface area contributed by atoms with Crippen molar-refractivity contribution in [3.05, 3.63) is 75.8 Å². The molecule has 1 saturated heterocycles. The molecule has 1 heterocycles. The van der Waals surface area contributed by atoms with Crippen LogP contribution in [0.25, 0.3) is 0 Å². The molecule has 2 fully saturated rings. The Kier molecular flexibility index (Phi) is 6.28. The largest absolute Gasteiger partial charge is 0.292 e. The van der Waals surface area contributed by atoms with Gasteiger partial charge in [0.15, 0.2) is 5.78 Å². The van der Waals surface area contributed by atoms with E-state index < -0.39 is 46.3 Å². The molecule has 4 atom stereocenters. The first kappa shape index (κ1) is 23.3. The van der Waals surface area contributed by atoms with E-state index in [0.29, 0.717) is 18.4 Å². The van der Waals surface area contributed by atoms with Crippen LogP contribution in [0.5, 0.6) is 0 Å². The molecule has 2 aromatic rings. The number of ketones is 1. The molecule has 9 heteroatoms. The number of fused-ring (bicyclic) bond motifs is 1. The molecule has 0 aromatic heterocycles. The molecule has 0 radical (unpaired) electrons. The second-order valence-electron chi connectivity index (χ2n) is 8.98. The summed E-state index contributed by atoms with van der Waals surface area (Å²) >= 11 is 0. The van der Waals surface area contributed by atoms with Crippen LogP contribution in [0.15, 0.2) is 54.6 Å². The van der Waals surface area contributed by atoms with Crippen molar-refractivity contribution in [1.82, 2.24) is 10.0 Å². The quantitative estimate of drug-likeness (QED) is 0.279. The van der Waals surface area contributed by atoms with Crippen molar-refractivity contribution >= 4 is 29.2 Å². The van der Waals surface area contributed by atoms with Gasteiger partial charge in [-0.25, -0.2) is 5.01 Å². The number of Topliss-reactive ketones (excluding diaryl/α,β-unsaturated/α-hetero) is 1. The highest BCUT2D eigenvalue weighted by atomic mass is 16.6. The van der Waals surface area contributed by atoms with Crippen molar-refractivity contribution < 1.29 is 24.1 Å². The number of carbonyl (C=O) groups excluding carboxylic acids is 4. The Balaban J connectivity index is 1.74. The number of hydrogen-bond acceptors (Lipinski definition) is 6. The van der Waals surface area contributed by atoms with Gasteiger partial charge in [-0.3, -0.25) is 29.3 Å². The van der Waals surface area contributed by atoms with E-state index in [2.05, 4.69) is 0 Å². The summed E-state index contributed by atoms with van der Waals surface area (Å²) in [5.74, 6) is -2.91. The lowest BCUT2D eigenvalue weighted by Crippen LogP contribution is -2.56. The molecule has 0 unspecified atom stereocenters. The van der Waals surface area contributed by atoms with Gasteiger partial charge in [-0.1, -0.05) is 37.3 Å². The number of nitro groups is 1. The highest BCUT2D eigenvalue weighted by Crippen LogP contribution is 2.41. The van der Waals surface area contributed by atoms with Gasteiger partial charge in [0, 0.05) is 23.3 Å². The summed E-state index contributed by atoms with van der Waals surface area (Å²) in [5, 5.41) is 12.8. The van der Waals surface area contributed by atoms with Crippen LogP contribution in [-0.4, -0.2) is 44.5 Å². The summed E-state index contributed by atoms with van der Waals surface area (Å²) in [7, 11) is 0. The molecule has 2 aromatic carbocycles. The standard InChI is InChI=1S/C25H25N3O6/c1-15-8-13-20-21(14-15)25(32)27(24(20)31)26(16(2)22(29)17-6-4-3-5-7-17)23(30)18-9-11-19(12-10-18)28(33)34/h3-7,9-12,15-16,20-21H,8,13-14H2,1-2H3/t15-,16+,20+,21+/m1/s1. The van der Waals surface area contributed by atoms with Gasteiger partial charge in [-0.05, 0) is 44.2 Å². The molecular weight excluding hydrogens is 438 g/mol. The lowest BCUT2D eigenvalue weighted by Gasteiger charge is -2.34. The number of imide groups is 1. The van der Waals surface area contributed by atoms with Crippen LogP contribution >= 0.6 is 0 Å². The number of benzene rings is 2. The fraction of sp³-hybridized carbons (Fsp3) is 0.360. The maximum Gasteiger partial charge on any atom is 0.273 e. The zero-order valence-corrected chi connectivity index (χ0v) is 18.9. The predicted molar refractivity (Wildman–Crippen MR) is 121 cm³/mol. The third-order valence-electron chi connectivity index (χ3n) is 6.72. The van der Waals surface area contributed by atoms with Crippen molar-refractivity contribution in [2.45, 2.75) is 39.2 Å². The topological polar surface area (TPSA) is 118 Å². The first-order valence-corrected chi connectivity index (χ1v) is 11.3. The van der Waals surface area contributed by atoms with Crippen LogP contribution in [0.4, 0.5) is 5.69 Å². The monoisotopic (exact) mass is 463 g/mol. The second-order valence-corrected chi connectivity index (χ2v) is 8.98. The fourth-order valence-corrected chi connectivity index (χ4v) is 4.84. The summed E-state index contributed by atoms with van der Waals surface area (Å²) in [6.45, 7) is 3.50. The predicted octanol–water partition coefficient (Wildman–Crippen LogP) is 3.64. The Hall–Kier alpha value is -3.88. The highest BCUT2D eigenvalue weighted by Gasteiger charge is 2.54. The number of carbonyl (C=O) groups is 4. The molecule has 9 nitrogen and oxygen atoms in total. The van der Waals surface area contributed by atoms with Crippen LogP contribution in [0, 0.1) is 27.9 Å². The van der Waals surface area contributed by atoms with Gasteiger partial charge >= 0.3 is 0 Å². The number of nitro benzene ring substituents is 1. The number of hydrazine groups is 1. The Bertz CT molecular complexity index is 1150. The van der Waals surface area contributed by atoms with Gasteiger partial charge < -0.3 is 0 Å². The molecule has 1 aliphatic carbocycles. The Labute approximate surface area is 196 Å². The summed E-state index contributed by atoms with van der Waals surface area (Å²) < 4.78 is 0. The van der Waals surface area contributed by atoms with Crippen LogP contribution < -0.4 is 0 Å². The average molecular weight is 463 g/mol. The van der Waals surface area contributed by atoms with E-state index in [1.54, 1.807) is 30.3 Å². The zero-order valence-electron chi connectivity index (χ0n) is 18.9. The van der Waals surface area contributed by atoms with Gasteiger partial charge in [-0.15, -0.1) is 0 Å². The van der Waals surface area contributed by atoms with Crippen molar-refractivity contribution in [1.29, 1.82) is 0 Å². The van der Waals surface area contributed by atoms with E-state index in [1.807, 2.05) is 6.92 Å².